The van der Waals surface area contributed by atoms with E-state index in [-0.39, 0.29) is 11.7 Å². The highest BCUT2D eigenvalue weighted by Gasteiger charge is 2.08. The summed E-state index contributed by atoms with van der Waals surface area (Å²) in [6.45, 7) is 4.48. The first-order chi connectivity index (χ1) is 12.6. The molecule has 3 aromatic rings. The molecular formula is C18H18N4O2S2. The van der Waals surface area contributed by atoms with E-state index in [1.165, 1.54) is 23.1 Å². The summed E-state index contributed by atoms with van der Waals surface area (Å²) in [6.07, 6.45) is 0. The number of aromatic nitrogens is 3. The molecule has 0 bridgehead atoms. The fourth-order valence-corrected chi connectivity index (χ4v) is 3.46. The third kappa shape index (κ3) is 5.03. The SMILES string of the molecule is CCOc1ccc(-c2ccc(SCC(=O)Nc3nc(C)cs3)nn2)cc1. The van der Waals surface area contributed by atoms with Crippen LogP contribution in [-0.4, -0.2) is 33.4 Å². The number of carbonyl (C=O) groups is 1. The zero-order valence-electron chi connectivity index (χ0n) is 14.4. The summed E-state index contributed by atoms with van der Waals surface area (Å²) in [5.41, 5.74) is 2.64. The quantitative estimate of drug-likeness (QED) is 0.618. The van der Waals surface area contributed by atoms with Crippen LogP contribution in [0.4, 0.5) is 5.13 Å². The predicted octanol–water partition coefficient (Wildman–Crippen LogP) is 4.04. The van der Waals surface area contributed by atoms with Gasteiger partial charge in [-0.2, -0.15) is 0 Å². The number of nitrogens with zero attached hydrogens (tertiary/aromatic N) is 3. The van der Waals surface area contributed by atoms with Crippen LogP contribution in [0.2, 0.25) is 0 Å². The van der Waals surface area contributed by atoms with Crippen molar-refractivity contribution in [2.75, 3.05) is 17.7 Å². The van der Waals surface area contributed by atoms with Crippen LogP contribution in [0.5, 0.6) is 5.75 Å². The molecule has 0 fully saturated rings. The van der Waals surface area contributed by atoms with Crippen molar-refractivity contribution in [3.8, 4) is 17.0 Å². The molecule has 0 spiro atoms. The number of hydrogen-bond acceptors (Lipinski definition) is 7. The van der Waals surface area contributed by atoms with Crippen LogP contribution >= 0.6 is 23.1 Å². The van der Waals surface area contributed by atoms with Crippen LogP contribution in [0.15, 0.2) is 46.8 Å². The van der Waals surface area contributed by atoms with Crippen molar-refractivity contribution < 1.29 is 9.53 Å². The van der Waals surface area contributed by atoms with Crippen molar-refractivity contribution in [1.29, 1.82) is 0 Å². The summed E-state index contributed by atoms with van der Waals surface area (Å²) in [5, 5.41) is 14.4. The Balaban J connectivity index is 1.54. The first-order valence-electron chi connectivity index (χ1n) is 8.06. The lowest BCUT2D eigenvalue weighted by Gasteiger charge is -2.05. The lowest BCUT2D eigenvalue weighted by Crippen LogP contribution is -2.14. The number of thiazole rings is 1. The first-order valence-corrected chi connectivity index (χ1v) is 9.92. The minimum Gasteiger partial charge on any atom is -0.494 e. The molecule has 0 aliphatic rings. The maximum absolute atomic E-state index is 11.9. The van der Waals surface area contributed by atoms with Crippen molar-refractivity contribution in [2.24, 2.45) is 0 Å². The molecule has 1 N–H and O–H groups in total. The summed E-state index contributed by atoms with van der Waals surface area (Å²) in [7, 11) is 0. The number of rotatable bonds is 7. The van der Waals surface area contributed by atoms with Crippen molar-refractivity contribution in [2.45, 2.75) is 18.9 Å². The van der Waals surface area contributed by atoms with Crippen LogP contribution in [0, 0.1) is 6.92 Å². The van der Waals surface area contributed by atoms with Gasteiger partial charge in [0.25, 0.3) is 0 Å². The van der Waals surface area contributed by atoms with Crippen LogP contribution in [0.25, 0.3) is 11.3 Å². The second-order valence-electron chi connectivity index (χ2n) is 5.35. The predicted molar refractivity (Wildman–Crippen MR) is 105 cm³/mol. The van der Waals surface area contributed by atoms with Gasteiger partial charge in [-0.05, 0) is 50.2 Å². The third-order valence-electron chi connectivity index (χ3n) is 3.32. The van der Waals surface area contributed by atoms with Gasteiger partial charge >= 0.3 is 0 Å². The lowest BCUT2D eigenvalue weighted by atomic mass is 10.1. The van der Waals surface area contributed by atoms with Gasteiger partial charge in [0, 0.05) is 10.9 Å². The number of thioether (sulfide) groups is 1. The van der Waals surface area contributed by atoms with Gasteiger partial charge in [0.2, 0.25) is 5.91 Å². The number of aryl methyl sites for hydroxylation is 1. The topological polar surface area (TPSA) is 77.0 Å². The molecule has 6 nitrogen and oxygen atoms in total. The Kier molecular flexibility index (Phi) is 6.19. The molecule has 0 aliphatic carbocycles. The van der Waals surface area contributed by atoms with E-state index in [2.05, 4.69) is 20.5 Å². The largest absolute Gasteiger partial charge is 0.494 e. The Hall–Kier alpha value is -2.45. The van der Waals surface area contributed by atoms with Crippen LogP contribution in [-0.2, 0) is 4.79 Å². The van der Waals surface area contributed by atoms with Crippen molar-refractivity contribution >= 4 is 34.1 Å². The Labute approximate surface area is 160 Å². The molecule has 0 radical (unpaired) electrons. The van der Waals surface area contributed by atoms with Crippen molar-refractivity contribution in [1.82, 2.24) is 15.2 Å². The average molecular weight is 387 g/mol. The molecule has 0 saturated heterocycles. The van der Waals surface area contributed by atoms with Gasteiger partial charge < -0.3 is 10.1 Å². The summed E-state index contributed by atoms with van der Waals surface area (Å²) >= 11 is 2.75. The molecule has 2 aromatic heterocycles. The van der Waals surface area contributed by atoms with Crippen LogP contribution < -0.4 is 10.1 Å². The number of carbonyl (C=O) groups excluding carboxylic acids is 1. The standard InChI is InChI=1S/C18H18N4O2S2/c1-3-24-14-6-4-13(5-7-14)15-8-9-17(22-21-15)25-11-16(23)20-18-19-12(2)10-26-18/h4-10H,3,11H2,1-2H3,(H,19,20,23). The highest BCUT2D eigenvalue weighted by atomic mass is 32.2. The van der Waals surface area contributed by atoms with E-state index in [1.807, 2.05) is 55.6 Å². The molecule has 0 saturated carbocycles. The highest BCUT2D eigenvalue weighted by molar-refractivity contribution is 7.99. The summed E-state index contributed by atoms with van der Waals surface area (Å²) in [6, 6.07) is 11.5. The zero-order chi connectivity index (χ0) is 18.4. The van der Waals surface area contributed by atoms with E-state index in [0.29, 0.717) is 16.8 Å². The number of benzene rings is 1. The molecule has 3 rings (SSSR count). The van der Waals surface area contributed by atoms with Crippen LogP contribution in [0.1, 0.15) is 12.6 Å². The molecule has 26 heavy (non-hydrogen) atoms. The summed E-state index contributed by atoms with van der Waals surface area (Å²) in [4.78, 5) is 16.2. The Morgan fingerprint density at radius 2 is 2.00 bits per heavy atom. The maximum atomic E-state index is 11.9. The Bertz CT molecular complexity index is 864. The second kappa shape index (κ2) is 8.77. The minimum atomic E-state index is -0.110. The molecular weight excluding hydrogens is 368 g/mol. The minimum absolute atomic E-state index is 0.110. The van der Waals surface area contributed by atoms with Gasteiger partial charge in [-0.25, -0.2) is 4.98 Å². The fraction of sp³-hybridized carbons (Fsp3) is 0.222. The normalized spacial score (nSPS) is 10.5. The fourth-order valence-electron chi connectivity index (χ4n) is 2.15. The van der Waals surface area contributed by atoms with Gasteiger partial charge in [-0.3, -0.25) is 4.79 Å². The van der Waals surface area contributed by atoms with Gasteiger partial charge in [-0.15, -0.1) is 21.5 Å². The second-order valence-corrected chi connectivity index (χ2v) is 7.20. The number of anilines is 1. The number of nitrogens with one attached hydrogen (secondary N) is 1. The van der Waals surface area contributed by atoms with Gasteiger partial charge in [-0.1, -0.05) is 11.8 Å². The molecule has 134 valence electrons. The average Bonchev–Trinajstić information content (AvgIpc) is 3.06. The summed E-state index contributed by atoms with van der Waals surface area (Å²) < 4.78 is 5.43. The first kappa shape index (κ1) is 18.3. The zero-order valence-corrected chi connectivity index (χ0v) is 16.1. The number of amides is 1. The monoisotopic (exact) mass is 386 g/mol. The Morgan fingerprint density at radius 3 is 2.62 bits per heavy atom. The van der Waals surface area contributed by atoms with E-state index in [9.17, 15) is 4.79 Å². The lowest BCUT2D eigenvalue weighted by molar-refractivity contribution is -0.113. The van der Waals surface area contributed by atoms with Crippen LogP contribution in [0.3, 0.4) is 0 Å². The molecule has 8 heteroatoms. The van der Waals surface area contributed by atoms with Crippen molar-refractivity contribution in [3.63, 3.8) is 0 Å². The van der Waals surface area contributed by atoms with E-state index in [4.69, 9.17) is 4.74 Å². The highest BCUT2D eigenvalue weighted by Crippen LogP contribution is 2.22. The Morgan fingerprint density at radius 1 is 1.19 bits per heavy atom. The summed E-state index contributed by atoms with van der Waals surface area (Å²) in [5.74, 6) is 0.981. The molecule has 0 aliphatic heterocycles. The molecule has 2 heterocycles. The van der Waals surface area contributed by atoms with E-state index in [0.717, 1.165) is 22.7 Å². The number of hydrogen-bond donors (Lipinski definition) is 1. The van der Waals surface area contributed by atoms with Gasteiger partial charge in [0.05, 0.1) is 23.7 Å². The maximum Gasteiger partial charge on any atom is 0.236 e. The van der Waals surface area contributed by atoms with Gasteiger partial charge in [0.15, 0.2) is 5.13 Å². The smallest absolute Gasteiger partial charge is 0.236 e. The van der Waals surface area contributed by atoms with Crippen molar-refractivity contribution in [3.05, 3.63) is 47.5 Å². The number of ether oxygens (including phenoxy) is 1. The van der Waals surface area contributed by atoms with E-state index < -0.39 is 0 Å². The molecule has 0 atom stereocenters. The van der Waals surface area contributed by atoms with Gasteiger partial charge in [0.1, 0.15) is 10.8 Å². The molecule has 0 unspecified atom stereocenters. The van der Waals surface area contributed by atoms with E-state index in [1.54, 1.807) is 0 Å². The third-order valence-corrected chi connectivity index (χ3v) is 5.11. The molecule has 1 amide bonds. The molecule has 1 aromatic carbocycles. The van der Waals surface area contributed by atoms with E-state index >= 15 is 0 Å².